The molecule has 2 aromatic heterocycles. The maximum atomic E-state index is 10.8. The molecule has 4 nitrogen and oxygen atoms in total. The maximum absolute atomic E-state index is 10.8. The largest absolute Gasteiger partial charge is 0.345 e. The molecule has 0 spiro atoms. The molecule has 0 saturated carbocycles. The van der Waals surface area contributed by atoms with Crippen molar-refractivity contribution in [3.8, 4) is 0 Å². The average Bonchev–Trinajstić information content (AvgIpc) is 2.71. The van der Waals surface area contributed by atoms with Crippen molar-refractivity contribution in [1.29, 1.82) is 0 Å². The summed E-state index contributed by atoms with van der Waals surface area (Å²) in [7, 11) is 0. The van der Waals surface area contributed by atoms with Crippen LogP contribution >= 0.6 is 35.0 Å². The average molecular weight is 316 g/mol. The van der Waals surface area contributed by atoms with Gasteiger partial charge in [0.05, 0.1) is 5.39 Å². The van der Waals surface area contributed by atoms with Crippen LogP contribution in [0.3, 0.4) is 0 Å². The van der Waals surface area contributed by atoms with Crippen molar-refractivity contribution in [2.24, 2.45) is 0 Å². The van der Waals surface area contributed by atoms with E-state index in [1.165, 1.54) is 11.8 Å². The maximum Gasteiger partial charge on any atom is 0.225 e. The summed E-state index contributed by atoms with van der Waals surface area (Å²) in [5.41, 5.74) is 1.52. The van der Waals surface area contributed by atoms with Crippen LogP contribution in [0.1, 0.15) is 18.9 Å². The summed E-state index contributed by atoms with van der Waals surface area (Å²) in [4.78, 5) is 21.7. The summed E-state index contributed by atoms with van der Waals surface area (Å²) < 4.78 is 0. The first-order chi connectivity index (χ1) is 9.08. The number of carbonyl (C=O) groups excluding carboxylic acids is 1. The first-order valence-electron chi connectivity index (χ1n) is 5.58. The van der Waals surface area contributed by atoms with E-state index in [0.717, 1.165) is 23.1 Å². The van der Waals surface area contributed by atoms with Crippen LogP contribution in [0.25, 0.3) is 17.1 Å². The molecule has 0 radical (unpaired) electrons. The van der Waals surface area contributed by atoms with Crippen LogP contribution in [0.2, 0.25) is 10.4 Å². The van der Waals surface area contributed by atoms with Gasteiger partial charge in [0.25, 0.3) is 0 Å². The Morgan fingerprint density at radius 1 is 1.47 bits per heavy atom. The molecule has 2 aromatic rings. The molecule has 0 amide bonds. The molecule has 100 valence electrons. The molecule has 7 heteroatoms. The van der Waals surface area contributed by atoms with Crippen LogP contribution in [0.15, 0.2) is 12.3 Å². The Morgan fingerprint density at radius 3 is 3.00 bits per heavy atom. The molecule has 0 bridgehead atoms. The summed E-state index contributed by atoms with van der Waals surface area (Å²) in [6.07, 6.45) is 6.53. The molecule has 1 N–H and O–H groups in total. The zero-order valence-electron chi connectivity index (χ0n) is 10.1. The first-order valence-corrected chi connectivity index (χ1v) is 7.32. The van der Waals surface area contributed by atoms with E-state index in [-0.39, 0.29) is 10.4 Å². The van der Waals surface area contributed by atoms with Gasteiger partial charge in [-0.3, -0.25) is 4.79 Å². The van der Waals surface area contributed by atoms with Gasteiger partial charge in [-0.25, -0.2) is 4.98 Å². The minimum atomic E-state index is 0.118. The van der Waals surface area contributed by atoms with Crippen molar-refractivity contribution in [1.82, 2.24) is 15.0 Å². The third-order valence-corrected chi connectivity index (χ3v) is 3.67. The second kappa shape index (κ2) is 6.41. The fourth-order valence-electron chi connectivity index (χ4n) is 1.60. The number of aromatic amines is 1. The van der Waals surface area contributed by atoms with Crippen molar-refractivity contribution >= 4 is 57.2 Å². The van der Waals surface area contributed by atoms with Gasteiger partial charge in [-0.1, -0.05) is 35.5 Å². The van der Waals surface area contributed by atoms with E-state index >= 15 is 0 Å². The lowest BCUT2D eigenvalue weighted by molar-refractivity contribution is -0.109. The molecule has 0 saturated heterocycles. The third kappa shape index (κ3) is 3.72. The van der Waals surface area contributed by atoms with Gasteiger partial charge in [-0.2, -0.15) is 4.98 Å². The quantitative estimate of drug-likeness (QED) is 0.527. The van der Waals surface area contributed by atoms with E-state index in [2.05, 4.69) is 15.0 Å². The Bertz CT molecular complexity index is 639. The van der Waals surface area contributed by atoms with Crippen LogP contribution < -0.4 is 0 Å². The number of hydrogen-bond acceptors (Lipinski definition) is 4. The summed E-state index contributed by atoms with van der Waals surface area (Å²) in [6, 6.07) is 0. The number of halogens is 2. The summed E-state index contributed by atoms with van der Waals surface area (Å²) in [6.45, 7) is 1.56. The highest BCUT2D eigenvalue weighted by Crippen LogP contribution is 2.26. The normalized spacial score (nSPS) is 11.5. The molecule has 0 fully saturated rings. The fourth-order valence-corrected chi connectivity index (χ4v) is 2.63. The Balaban J connectivity index is 2.13. The zero-order valence-corrected chi connectivity index (χ0v) is 12.4. The molecule has 0 aliphatic rings. The number of allylic oxidation sites excluding steroid dienone is 1. The lowest BCUT2D eigenvalue weighted by Crippen LogP contribution is -1.85. The van der Waals surface area contributed by atoms with Gasteiger partial charge in [0.1, 0.15) is 10.8 Å². The minimum absolute atomic E-state index is 0.118. The number of fused-ring (bicyclic) bond motifs is 1. The predicted octanol–water partition coefficient (Wildman–Crippen LogP) is 3.95. The van der Waals surface area contributed by atoms with E-state index in [9.17, 15) is 4.79 Å². The standard InChI is InChI=1S/C12H11Cl2N3OS/c1-7(18)19-5-3-2-4-8-6-15-11-9(8)10(13)16-12(14)17-11/h2,4,6H,3,5H2,1H3,(H,15,16,17). The van der Waals surface area contributed by atoms with E-state index < -0.39 is 0 Å². The number of nitrogens with zero attached hydrogens (tertiary/aromatic N) is 2. The molecular formula is C12H11Cl2N3OS. The van der Waals surface area contributed by atoms with Gasteiger partial charge in [0.15, 0.2) is 5.12 Å². The van der Waals surface area contributed by atoms with Gasteiger partial charge < -0.3 is 4.98 Å². The zero-order chi connectivity index (χ0) is 13.8. The highest BCUT2D eigenvalue weighted by molar-refractivity contribution is 8.13. The van der Waals surface area contributed by atoms with Crippen molar-refractivity contribution in [2.45, 2.75) is 13.3 Å². The minimum Gasteiger partial charge on any atom is -0.345 e. The van der Waals surface area contributed by atoms with Crippen LogP contribution in [0.4, 0.5) is 0 Å². The summed E-state index contributed by atoms with van der Waals surface area (Å²) in [5.74, 6) is 0.768. The van der Waals surface area contributed by atoms with E-state index in [0.29, 0.717) is 10.8 Å². The summed E-state index contributed by atoms with van der Waals surface area (Å²) in [5, 5.41) is 1.33. The van der Waals surface area contributed by atoms with Crippen molar-refractivity contribution in [2.75, 3.05) is 5.75 Å². The van der Waals surface area contributed by atoms with Gasteiger partial charge in [0.2, 0.25) is 5.28 Å². The van der Waals surface area contributed by atoms with Crippen molar-refractivity contribution < 1.29 is 4.79 Å². The SMILES string of the molecule is CC(=O)SCCC=Cc1c[nH]c2nc(Cl)nc(Cl)c12. The molecule has 19 heavy (non-hydrogen) atoms. The Hall–Kier alpha value is -1.04. The molecule has 0 aromatic carbocycles. The number of aromatic nitrogens is 3. The predicted molar refractivity (Wildman–Crippen MR) is 80.7 cm³/mol. The van der Waals surface area contributed by atoms with E-state index in [1.807, 2.05) is 12.2 Å². The molecule has 2 rings (SSSR count). The molecule has 2 heterocycles. The highest BCUT2D eigenvalue weighted by Gasteiger charge is 2.09. The first kappa shape index (κ1) is 14.4. The molecular weight excluding hydrogens is 305 g/mol. The number of hydrogen-bond donors (Lipinski definition) is 1. The van der Waals surface area contributed by atoms with E-state index in [4.69, 9.17) is 23.2 Å². The van der Waals surface area contributed by atoms with Crippen LogP contribution in [-0.2, 0) is 4.79 Å². The number of H-pyrrole nitrogens is 1. The number of rotatable bonds is 4. The lowest BCUT2D eigenvalue weighted by atomic mass is 10.2. The Labute approximate surface area is 124 Å². The monoisotopic (exact) mass is 315 g/mol. The number of carbonyl (C=O) groups is 1. The lowest BCUT2D eigenvalue weighted by Gasteiger charge is -1.96. The Kier molecular flexibility index (Phi) is 4.85. The van der Waals surface area contributed by atoms with E-state index in [1.54, 1.807) is 13.1 Å². The van der Waals surface area contributed by atoms with Gasteiger partial charge in [0, 0.05) is 24.4 Å². The number of thioether (sulfide) groups is 1. The van der Waals surface area contributed by atoms with Gasteiger partial charge in [-0.15, -0.1) is 0 Å². The Morgan fingerprint density at radius 2 is 2.26 bits per heavy atom. The van der Waals surface area contributed by atoms with Crippen LogP contribution in [-0.4, -0.2) is 25.8 Å². The third-order valence-electron chi connectivity index (χ3n) is 2.38. The molecule has 0 atom stereocenters. The molecule has 0 unspecified atom stereocenters. The second-order valence-electron chi connectivity index (χ2n) is 3.78. The van der Waals surface area contributed by atoms with Crippen molar-refractivity contribution in [3.63, 3.8) is 0 Å². The van der Waals surface area contributed by atoms with Gasteiger partial charge in [-0.05, 0) is 18.0 Å². The van der Waals surface area contributed by atoms with Crippen LogP contribution in [0, 0.1) is 0 Å². The van der Waals surface area contributed by atoms with Crippen LogP contribution in [0.5, 0.6) is 0 Å². The smallest absolute Gasteiger partial charge is 0.225 e. The van der Waals surface area contributed by atoms with Gasteiger partial charge >= 0.3 is 0 Å². The molecule has 0 aliphatic carbocycles. The second-order valence-corrected chi connectivity index (χ2v) is 5.75. The molecule has 0 aliphatic heterocycles. The topological polar surface area (TPSA) is 58.6 Å². The van der Waals surface area contributed by atoms with Crippen molar-refractivity contribution in [3.05, 3.63) is 28.3 Å². The fraction of sp³-hybridized carbons (Fsp3) is 0.250. The highest BCUT2D eigenvalue weighted by atomic mass is 35.5. The number of nitrogens with one attached hydrogen (secondary N) is 1. The summed E-state index contributed by atoms with van der Waals surface area (Å²) >= 11 is 13.1.